The zero-order valence-electron chi connectivity index (χ0n) is 15.6. The van der Waals surface area contributed by atoms with Gasteiger partial charge in [0.2, 0.25) is 0 Å². The van der Waals surface area contributed by atoms with E-state index in [1.807, 2.05) is 61.5 Å². The summed E-state index contributed by atoms with van der Waals surface area (Å²) in [6, 6.07) is 24.3. The fraction of sp³-hybridized carbons (Fsp3) is 0.174. The summed E-state index contributed by atoms with van der Waals surface area (Å²) in [5, 5.41) is 3.35. The molecule has 0 aromatic heterocycles. The van der Waals surface area contributed by atoms with E-state index in [2.05, 4.69) is 5.32 Å². The topological polar surface area (TPSA) is 47.6 Å². The minimum atomic E-state index is -0.631. The lowest BCUT2D eigenvalue weighted by atomic mass is 10.2. The molecular weight excluding hydrogens is 374 g/mol. The molecule has 0 saturated heterocycles. The highest BCUT2D eigenvalue weighted by molar-refractivity contribution is 6.32. The normalized spacial score (nSPS) is 11.5. The highest BCUT2D eigenvalue weighted by Crippen LogP contribution is 2.25. The van der Waals surface area contributed by atoms with E-state index in [1.165, 1.54) is 0 Å². The minimum absolute atomic E-state index is 0.222. The smallest absolute Gasteiger partial charge is 0.265 e. The number of hydrogen-bond donors (Lipinski definition) is 1. The largest absolute Gasteiger partial charge is 0.489 e. The molecule has 28 heavy (non-hydrogen) atoms. The standard InChI is InChI=1S/C23H22ClNO3/c1-2-21(28-22-11-7-6-10-20(22)24)23(26)25-18-12-14-19(15-13-18)27-16-17-8-4-3-5-9-17/h3-15,21H,2,16H2,1H3,(H,25,26)/t21-/m1/s1. The second-order valence-corrected chi connectivity index (χ2v) is 6.64. The summed E-state index contributed by atoms with van der Waals surface area (Å²) in [6.45, 7) is 2.39. The molecule has 3 rings (SSSR count). The number of rotatable bonds is 8. The first-order chi connectivity index (χ1) is 13.7. The first-order valence-electron chi connectivity index (χ1n) is 9.14. The van der Waals surface area contributed by atoms with Crippen LogP contribution in [0.15, 0.2) is 78.9 Å². The first kappa shape index (κ1) is 19.8. The van der Waals surface area contributed by atoms with E-state index in [9.17, 15) is 4.79 Å². The van der Waals surface area contributed by atoms with Crippen molar-refractivity contribution in [1.29, 1.82) is 0 Å². The monoisotopic (exact) mass is 395 g/mol. The number of halogens is 1. The lowest BCUT2D eigenvalue weighted by Gasteiger charge is -2.18. The lowest BCUT2D eigenvalue weighted by Crippen LogP contribution is -2.32. The lowest BCUT2D eigenvalue weighted by molar-refractivity contribution is -0.122. The van der Waals surface area contributed by atoms with Gasteiger partial charge in [-0.05, 0) is 48.4 Å². The van der Waals surface area contributed by atoms with Crippen LogP contribution in [0.25, 0.3) is 0 Å². The molecular formula is C23H22ClNO3. The van der Waals surface area contributed by atoms with E-state index in [4.69, 9.17) is 21.1 Å². The van der Waals surface area contributed by atoms with Gasteiger partial charge in [0.25, 0.3) is 5.91 Å². The van der Waals surface area contributed by atoms with Crippen molar-refractivity contribution >= 4 is 23.2 Å². The van der Waals surface area contributed by atoms with Crippen molar-refractivity contribution < 1.29 is 14.3 Å². The molecule has 0 aliphatic rings. The highest BCUT2D eigenvalue weighted by Gasteiger charge is 2.19. The molecule has 1 atom stereocenters. The van der Waals surface area contributed by atoms with Gasteiger partial charge in [0.05, 0.1) is 5.02 Å². The van der Waals surface area contributed by atoms with Crippen molar-refractivity contribution in [3.8, 4) is 11.5 Å². The van der Waals surface area contributed by atoms with Gasteiger partial charge in [-0.1, -0.05) is 61.0 Å². The van der Waals surface area contributed by atoms with Crippen LogP contribution in [0.1, 0.15) is 18.9 Å². The molecule has 144 valence electrons. The predicted octanol–water partition coefficient (Wildman–Crippen LogP) is 5.72. The van der Waals surface area contributed by atoms with Crippen molar-refractivity contribution in [2.45, 2.75) is 26.1 Å². The first-order valence-corrected chi connectivity index (χ1v) is 9.52. The zero-order valence-corrected chi connectivity index (χ0v) is 16.4. The third kappa shape index (κ3) is 5.51. The molecule has 5 heteroatoms. The number of amides is 1. The van der Waals surface area contributed by atoms with E-state index in [1.54, 1.807) is 24.3 Å². The van der Waals surface area contributed by atoms with Crippen LogP contribution >= 0.6 is 11.6 Å². The number of para-hydroxylation sites is 1. The minimum Gasteiger partial charge on any atom is -0.489 e. The molecule has 4 nitrogen and oxygen atoms in total. The van der Waals surface area contributed by atoms with E-state index in [0.29, 0.717) is 29.5 Å². The fourth-order valence-corrected chi connectivity index (χ4v) is 2.79. The summed E-state index contributed by atoms with van der Waals surface area (Å²) in [7, 11) is 0. The predicted molar refractivity (Wildman–Crippen MR) is 112 cm³/mol. The molecule has 0 saturated carbocycles. The van der Waals surface area contributed by atoms with Gasteiger partial charge in [0, 0.05) is 5.69 Å². The number of nitrogens with one attached hydrogen (secondary N) is 1. The average Bonchev–Trinajstić information content (AvgIpc) is 2.73. The molecule has 1 amide bonds. The Labute approximate surface area is 170 Å². The summed E-state index contributed by atoms with van der Waals surface area (Å²) in [4.78, 5) is 12.5. The quantitative estimate of drug-likeness (QED) is 0.531. The molecule has 0 unspecified atom stereocenters. The van der Waals surface area contributed by atoms with E-state index in [0.717, 1.165) is 11.3 Å². The van der Waals surface area contributed by atoms with Gasteiger partial charge in [-0.15, -0.1) is 0 Å². The Kier molecular flexibility index (Phi) is 6.93. The average molecular weight is 396 g/mol. The SMILES string of the molecule is CC[C@@H](Oc1ccccc1Cl)C(=O)Nc1ccc(OCc2ccccc2)cc1. The Morgan fingerprint density at radius 1 is 0.964 bits per heavy atom. The van der Waals surface area contributed by atoms with Gasteiger partial charge < -0.3 is 14.8 Å². The van der Waals surface area contributed by atoms with Crippen LogP contribution in [0.2, 0.25) is 5.02 Å². The van der Waals surface area contributed by atoms with Crippen molar-refractivity contribution in [3.63, 3.8) is 0 Å². The van der Waals surface area contributed by atoms with E-state index < -0.39 is 6.10 Å². The Bertz CT molecular complexity index is 897. The molecule has 1 N–H and O–H groups in total. The number of benzene rings is 3. The molecule has 0 radical (unpaired) electrons. The van der Waals surface area contributed by atoms with Gasteiger partial charge in [-0.25, -0.2) is 0 Å². The van der Waals surface area contributed by atoms with E-state index in [-0.39, 0.29) is 5.91 Å². The van der Waals surface area contributed by atoms with Gasteiger partial charge in [-0.2, -0.15) is 0 Å². The van der Waals surface area contributed by atoms with Crippen LogP contribution in [-0.2, 0) is 11.4 Å². The van der Waals surface area contributed by atoms with Crippen LogP contribution in [0.4, 0.5) is 5.69 Å². The number of anilines is 1. The third-order valence-corrected chi connectivity index (χ3v) is 4.45. The van der Waals surface area contributed by atoms with Gasteiger partial charge >= 0.3 is 0 Å². The molecule has 0 fully saturated rings. The van der Waals surface area contributed by atoms with Crippen LogP contribution in [0, 0.1) is 0 Å². The molecule has 3 aromatic rings. The van der Waals surface area contributed by atoms with Crippen LogP contribution in [0.5, 0.6) is 11.5 Å². The Balaban J connectivity index is 1.56. The van der Waals surface area contributed by atoms with Crippen molar-refractivity contribution in [1.82, 2.24) is 0 Å². The van der Waals surface area contributed by atoms with Crippen molar-refractivity contribution in [2.24, 2.45) is 0 Å². The Morgan fingerprint density at radius 3 is 2.32 bits per heavy atom. The van der Waals surface area contributed by atoms with Crippen LogP contribution in [-0.4, -0.2) is 12.0 Å². The van der Waals surface area contributed by atoms with Gasteiger partial charge in [0.1, 0.15) is 18.1 Å². The fourth-order valence-electron chi connectivity index (χ4n) is 2.61. The van der Waals surface area contributed by atoms with Crippen molar-refractivity contribution in [2.75, 3.05) is 5.32 Å². The summed E-state index contributed by atoms with van der Waals surface area (Å²) in [5.41, 5.74) is 1.78. The second-order valence-electron chi connectivity index (χ2n) is 6.23. The van der Waals surface area contributed by atoms with E-state index >= 15 is 0 Å². The third-order valence-electron chi connectivity index (χ3n) is 4.14. The summed E-state index contributed by atoms with van der Waals surface area (Å²) in [5.74, 6) is 1.01. The Hall–Kier alpha value is -2.98. The van der Waals surface area contributed by atoms with Gasteiger partial charge in [-0.3, -0.25) is 4.79 Å². The molecule has 0 aliphatic heterocycles. The molecule has 3 aromatic carbocycles. The van der Waals surface area contributed by atoms with Crippen LogP contribution < -0.4 is 14.8 Å². The molecule has 0 bridgehead atoms. The summed E-state index contributed by atoms with van der Waals surface area (Å²) in [6.07, 6.45) is -0.107. The summed E-state index contributed by atoms with van der Waals surface area (Å²) >= 11 is 6.11. The maximum Gasteiger partial charge on any atom is 0.265 e. The molecule has 0 spiro atoms. The maximum absolute atomic E-state index is 12.5. The van der Waals surface area contributed by atoms with Crippen LogP contribution in [0.3, 0.4) is 0 Å². The number of hydrogen-bond acceptors (Lipinski definition) is 3. The number of carbonyl (C=O) groups is 1. The number of carbonyl (C=O) groups excluding carboxylic acids is 1. The number of ether oxygens (including phenoxy) is 2. The Morgan fingerprint density at radius 2 is 1.64 bits per heavy atom. The highest BCUT2D eigenvalue weighted by atomic mass is 35.5. The van der Waals surface area contributed by atoms with Crippen molar-refractivity contribution in [3.05, 3.63) is 89.4 Å². The maximum atomic E-state index is 12.5. The second kappa shape index (κ2) is 9.81. The van der Waals surface area contributed by atoms with Gasteiger partial charge in [0.15, 0.2) is 6.10 Å². The molecule has 0 aliphatic carbocycles. The molecule has 0 heterocycles. The zero-order chi connectivity index (χ0) is 19.8. The summed E-state index contributed by atoms with van der Waals surface area (Å²) < 4.78 is 11.5.